The van der Waals surface area contributed by atoms with Crippen LogP contribution in [0.25, 0.3) is 10.9 Å². The lowest BCUT2D eigenvalue weighted by Crippen LogP contribution is -2.17. The molecule has 154 valence electrons. The molecule has 3 aromatic carbocycles. The Labute approximate surface area is 181 Å². The SMILES string of the molecule is NC(=O)c1nnc2cc(Cl)c(F)cc2c1Nc1ccc(C(=O)Nc2ccccc2)cc1. The number of carbonyl (C=O) groups is 2. The molecule has 0 fully saturated rings. The fourth-order valence-corrected chi connectivity index (χ4v) is 3.13. The van der Waals surface area contributed by atoms with Gasteiger partial charge in [0.2, 0.25) is 0 Å². The minimum Gasteiger partial charge on any atom is -0.364 e. The van der Waals surface area contributed by atoms with E-state index in [0.29, 0.717) is 16.9 Å². The van der Waals surface area contributed by atoms with E-state index < -0.39 is 11.7 Å². The van der Waals surface area contributed by atoms with Crippen LogP contribution in [-0.4, -0.2) is 22.0 Å². The third kappa shape index (κ3) is 4.29. The van der Waals surface area contributed by atoms with Crippen molar-refractivity contribution in [1.82, 2.24) is 10.2 Å². The summed E-state index contributed by atoms with van der Waals surface area (Å²) >= 11 is 5.81. The van der Waals surface area contributed by atoms with Crippen molar-refractivity contribution >= 4 is 51.4 Å². The highest BCUT2D eigenvalue weighted by Gasteiger charge is 2.17. The van der Waals surface area contributed by atoms with Crippen molar-refractivity contribution in [1.29, 1.82) is 0 Å². The summed E-state index contributed by atoms with van der Waals surface area (Å²) in [5.41, 5.74) is 7.37. The van der Waals surface area contributed by atoms with E-state index in [4.69, 9.17) is 17.3 Å². The van der Waals surface area contributed by atoms with Gasteiger partial charge in [-0.15, -0.1) is 10.2 Å². The number of fused-ring (bicyclic) bond motifs is 1. The van der Waals surface area contributed by atoms with Gasteiger partial charge in [-0.25, -0.2) is 4.39 Å². The van der Waals surface area contributed by atoms with Gasteiger partial charge >= 0.3 is 0 Å². The van der Waals surface area contributed by atoms with Gasteiger partial charge in [0.15, 0.2) is 5.69 Å². The van der Waals surface area contributed by atoms with E-state index >= 15 is 0 Å². The quantitative estimate of drug-likeness (QED) is 0.427. The first-order chi connectivity index (χ1) is 14.9. The number of para-hydroxylation sites is 1. The van der Waals surface area contributed by atoms with Crippen LogP contribution in [0.4, 0.5) is 21.5 Å². The van der Waals surface area contributed by atoms with Crippen molar-refractivity contribution in [2.24, 2.45) is 5.73 Å². The molecule has 0 bridgehead atoms. The number of carbonyl (C=O) groups excluding carboxylic acids is 2. The first-order valence-corrected chi connectivity index (χ1v) is 9.49. The van der Waals surface area contributed by atoms with Crippen LogP contribution < -0.4 is 16.4 Å². The molecule has 9 heteroatoms. The highest BCUT2D eigenvalue weighted by atomic mass is 35.5. The number of benzene rings is 3. The second-order valence-corrected chi connectivity index (χ2v) is 7.00. The van der Waals surface area contributed by atoms with Crippen molar-refractivity contribution in [3.05, 3.63) is 88.8 Å². The zero-order valence-electron chi connectivity index (χ0n) is 15.9. The largest absolute Gasteiger partial charge is 0.364 e. The molecule has 0 aliphatic rings. The van der Waals surface area contributed by atoms with Gasteiger partial charge in [-0.05, 0) is 48.5 Å². The lowest BCUT2D eigenvalue weighted by molar-refractivity contribution is 0.0993. The molecule has 4 aromatic rings. The van der Waals surface area contributed by atoms with Crippen molar-refractivity contribution < 1.29 is 14.0 Å². The highest BCUT2D eigenvalue weighted by Crippen LogP contribution is 2.31. The van der Waals surface area contributed by atoms with Crippen LogP contribution in [0.2, 0.25) is 5.02 Å². The van der Waals surface area contributed by atoms with Crippen LogP contribution in [0.1, 0.15) is 20.8 Å². The fraction of sp³-hybridized carbons (Fsp3) is 0. The molecular formula is C22H15ClFN5O2. The molecule has 0 saturated heterocycles. The van der Waals surface area contributed by atoms with Gasteiger partial charge in [-0.2, -0.15) is 0 Å². The first kappa shape index (κ1) is 20.2. The predicted octanol–water partition coefficient (Wildman–Crippen LogP) is 4.52. The van der Waals surface area contributed by atoms with Crippen molar-refractivity contribution in [3.63, 3.8) is 0 Å². The highest BCUT2D eigenvalue weighted by molar-refractivity contribution is 6.31. The summed E-state index contributed by atoms with van der Waals surface area (Å²) in [7, 11) is 0. The Kier molecular flexibility index (Phi) is 5.46. The number of primary amides is 1. The Balaban J connectivity index is 1.64. The number of nitrogens with zero attached hydrogens (tertiary/aromatic N) is 2. The number of aromatic nitrogens is 2. The molecule has 0 saturated carbocycles. The number of halogens is 2. The number of hydrogen-bond donors (Lipinski definition) is 3. The van der Waals surface area contributed by atoms with Gasteiger partial charge in [0, 0.05) is 22.3 Å². The van der Waals surface area contributed by atoms with E-state index in [1.54, 1.807) is 36.4 Å². The second kappa shape index (κ2) is 8.37. The molecule has 0 aliphatic carbocycles. The molecule has 2 amide bonds. The average Bonchev–Trinajstić information content (AvgIpc) is 2.76. The Hall–Kier alpha value is -4.04. The van der Waals surface area contributed by atoms with Crippen molar-refractivity contribution in [2.75, 3.05) is 10.6 Å². The van der Waals surface area contributed by atoms with E-state index in [1.165, 1.54) is 6.07 Å². The Morgan fingerprint density at radius 3 is 2.32 bits per heavy atom. The standard InChI is InChI=1S/C22H15ClFN5O2/c23-16-11-18-15(10-17(16)24)19(20(21(25)30)29-28-18)26-14-8-6-12(7-9-14)22(31)27-13-4-2-1-3-5-13/h1-11H,(H2,25,30)(H,26,28)(H,27,31). The minimum absolute atomic E-state index is 0.117. The fourth-order valence-electron chi connectivity index (χ4n) is 2.97. The number of nitrogens with one attached hydrogen (secondary N) is 2. The third-order valence-corrected chi connectivity index (χ3v) is 4.77. The topological polar surface area (TPSA) is 110 Å². The van der Waals surface area contributed by atoms with Crippen LogP contribution >= 0.6 is 11.6 Å². The second-order valence-electron chi connectivity index (χ2n) is 6.59. The lowest BCUT2D eigenvalue weighted by atomic mass is 10.1. The Morgan fingerprint density at radius 1 is 0.935 bits per heavy atom. The van der Waals surface area contributed by atoms with Crippen LogP contribution in [-0.2, 0) is 0 Å². The monoisotopic (exact) mass is 435 g/mol. The zero-order chi connectivity index (χ0) is 22.0. The maximum absolute atomic E-state index is 14.1. The van der Waals surface area contributed by atoms with Crippen molar-refractivity contribution in [3.8, 4) is 0 Å². The van der Waals surface area contributed by atoms with Gasteiger partial charge in [0.05, 0.1) is 16.2 Å². The maximum Gasteiger partial charge on any atom is 0.271 e. The molecule has 0 aliphatic heterocycles. The van der Waals surface area contributed by atoms with Gasteiger partial charge in [-0.3, -0.25) is 9.59 Å². The molecule has 4 rings (SSSR count). The summed E-state index contributed by atoms with van der Waals surface area (Å²) in [5.74, 6) is -1.77. The zero-order valence-corrected chi connectivity index (χ0v) is 16.7. The van der Waals surface area contributed by atoms with Gasteiger partial charge in [0.1, 0.15) is 5.82 Å². The number of anilines is 3. The molecule has 0 atom stereocenters. The summed E-state index contributed by atoms with van der Waals surface area (Å²) in [4.78, 5) is 24.2. The summed E-state index contributed by atoms with van der Waals surface area (Å²) in [6.07, 6.45) is 0. The molecule has 0 radical (unpaired) electrons. The molecule has 0 unspecified atom stereocenters. The van der Waals surface area contributed by atoms with Crippen LogP contribution in [0.15, 0.2) is 66.7 Å². The molecule has 1 aromatic heterocycles. The smallest absolute Gasteiger partial charge is 0.271 e. The normalized spacial score (nSPS) is 10.6. The third-order valence-electron chi connectivity index (χ3n) is 4.48. The van der Waals surface area contributed by atoms with Gasteiger partial charge < -0.3 is 16.4 Å². The van der Waals surface area contributed by atoms with Gasteiger partial charge in [-0.1, -0.05) is 29.8 Å². The van der Waals surface area contributed by atoms with Crippen LogP contribution in [0.3, 0.4) is 0 Å². The number of hydrogen-bond acceptors (Lipinski definition) is 5. The Morgan fingerprint density at radius 2 is 1.65 bits per heavy atom. The molecular weight excluding hydrogens is 421 g/mol. The number of amides is 2. The summed E-state index contributed by atoms with van der Waals surface area (Å²) in [6, 6.07) is 18.0. The van der Waals surface area contributed by atoms with Gasteiger partial charge in [0.25, 0.3) is 11.8 Å². The molecule has 31 heavy (non-hydrogen) atoms. The molecule has 4 N–H and O–H groups in total. The summed E-state index contributed by atoms with van der Waals surface area (Å²) in [5, 5.41) is 13.7. The summed E-state index contributed by atoms with van der Waals surface area (Å²) < 4.78 is 14.1. The predicted molar refractivity (Wildman–Crippen MR) is 117 cm³/mol. The van der Waals surface area contributed by atoms with E-state index in [-0.39, 0.29) is 33.2 Å². The van der Waals surface area contributed by atoms with E-state index in [0.717, 1.165) is 6.07 Å². The number of rotatable bonds is 5. The first-order valence-electron chi connectivity index (χ1n) is 9.11. The van der Waals surface area contributed by atoms with Crippen LogP contribution in [0.5, 0.6) is 0 Å². The van der Waals surface area contributed by atoms with E-state index in [1.807, 2.05) is 18.2 Å². The lowest BCUT2D eigenvalue weighted by Gasteiger charge is -2.13. The molecule has 0 spiro atoms. The maximum atomic E-state index is 14.1. The van der Waals surface area contributed by atoms with Crippen molar-refractivity contribution in [2.45, 2.75) is 0 Å². The summed E-state index contributed by atoms with van der Waals surface area (Å²) in [6.45, 7) is 0. The number of nitrogens with two attached hydrogens (primary N) is 1. The minimum atomic E-state index is -0.828. The van der Waals surface area contributed by atoms with E-state index in [2.05, 4.69) is 20.8 Å². The Bertz CT molecular complexity index is 1300. The molecule has 1 heterocycles. The van der Waals surface area contributed by atoms with E-state index in [9.17, 15) is 14.0 Å². The van der Waals surface area contributed by atoms with Crippen LogP contribution in [0, 0.1) is 5.82 Å². The molecule has 7 nitrogen and oxygen atoms in total. The average molecular weight is 436 g/mol.